The fraction of sp³-hybridized carbons (Fsp3) is 0.591. The van der Waals surface area contributed by atoms with E-state index in [1.807, 2.05) is 19.1 Å². The number of para-hydroxylation sites is 1. The molecule has 0 radical (unpaired) electrons. The van der Waals surface area contributed by atoms with E-state index in [1.54, 1.807) is 0 Å². The van der Waals surface area contributed by atoms with Crippen molar-refractivity contribution in [1.29, 1.82) is 0 Å². The summed E-state index contributed by atoms with van der Waals surface area (Å²) in [6, 6.07) is 10.3. The fourth-order valence-corrected chi connectivity index (χ4v) is 4.00. The van der Waals surface area contributed by atoms with Gasteiger partial charge in [-0.2, -0.15) is 0 Å². The zero-order valence-electron chi connectivity index (χ0n) is 15.7. The highest BCUT2D eigenvalue weighted by molar-refractivity contribution is 5.33. The smallest absolute Gasteiger partial charge is 0.174 e. The van der Waals surface area contributed by atoms with Gasteiger partial charge in [-0.25, -0.2) is 0 Å². The topological polar surface area (TPSA) is 35.3 Å². The second-order valence-electron chi connectivity index (χ2n) is 7.71. The number of aryl methyl sites for hydroxylation is 2. The SMILES string of the molecule is Cc1cc(COc2ccccc2CCC(C)CC2CCCCC2)on1. The van der Waals surface area contributed by atoms with Gasteiger partial charge in [0.15, 0.2) is 5.76 Å². The van der Waals surface area contributed by atoms with Crippen LogP contribution in [-0.4, -0.2) is 5.16 Å². The van der Waals surface area contributed by atoms with Gasteiger partial charge in [-0.15, -0.1) is 0 Å². The van der Waals surface area contributed by atoms with Crippen LogP contribution in [0.1, 0.15) is 68.9 Å². The maximum absolute atomic E-state index is 5.99. The molecule has 1 saturated carbocycles. The molecule has 0 saturated heterocycles. The number of ether oxygens (including phenoxy) is 1. The van der Waals surface area contributed by atoms with Crippen LogP contribution >= 0.6 is 0 Å². The lowest BCUT2D eigenvalue weighted by Gasteiger charge is -2.24. The standard InChI is InChI=1S/C22H31NO2/c1-17(14-19-8-4-3-5-9-19)12-13-20-10-6-7-11-22(20)24-16-21-15-18(2)23-25-21/h6-7,10-11,15,17,19H,3-5,8-9,12-14,16H2,1-2H3. The Kier molecular flexibility index (Phi) is 6.55. The molecule has 1 aromatic carbocycles. The summed E-state index contributed by atoms with van der Waals surface area (Å²) >= 11 is 0. The lowest BCUT2D eigenvalue weighted by molar-refractivity contribution is 0.246. The van der Waals surface area contributed by atoms with Gasteiger partial charge in [0.1, 0.15) is 12.4 Å². The first-order chi connectivity index (χ1) is 12.2. The zero-order chi connectivity index (χ0) is 17.5. The Morgan fingerprint density at radius 2 is 2.00 bits per heavy atom. The molecule has 3 heteroatoms. The van der Waals surface area contributed by atoms with Crippen molar-refractivity contribution in [3.63, 3.8) is 0 Å². The molecule has 1 atom stereocenters. The summed E-state index contributed by atoms with van der Waals surface area (Å²) in [7, 11) is 0. The Morgan fingerprint density at radius 1 is 1.20 bits per heavy atom. The minimum Gasteiger partial charge on any atom is -0.485 e. The molecule has 0 amide bonds. The Labute approximate surface area is 151 Å². The van der Waals surface area contributed by atoms with E-state index >= 15 is 0 Å². The second-order valence-corrected chi connectivity index (χ2v) is 7.71. The van der Waals surface area contributed by atoms with Crippen LogP contribution in [0.2, 0.25) is 0 Å². The van der Waals surface area contributed by atoms with Gasteiger partial charge in [-0.1, -0.05) is 62.4 Å². The van der Waals surface area contributed by atoms with E-state index in [4.69, 9.17) is 9.26 Å². The normalized spacial score (nSPS) is 16.7. The van der Waals surface area contributed by atoms with Crippen LogP contribution < -0.4 is 4.74 Å². The van der Waals surface area contributed by atoms with Crippen molar-refractivity contribution >= 4 is 0 Å². The number of aromatic nitrogens is 1. The molecule has 0 bridgehead atoms. The second kappa shape index (κ2) is 9.07. The molecule has 1 heterocycles. The lowest BCUT2D eigenvalue weighted by atomic mass is 9.82. The van der Waals surface area contributed by atoms with Crippen molar-refractivity contribution in [2.45, 2.75) is 71.8 Å². The van der Waals surface area contributed by atoms with Crippen LogP contribution in [0.25, 0.3) is 0 Å². The molecule has 0 N–H and O–H groups in total. The fourth-order valence-electron chi connectivity index (χ4n) is 4.00. The summed E-state index contributed by atoms with van der Waals surface area (Å²) in [6.07, 6.45) is 10.9. The predicted octanol–water partition coefficient (Wildman–Crippen LogP) is 6.10. The van der Waals surface area contributed by atoms with Crippen molar-refractivity contribution in [3.8, 4) is 5.75 Å². The molecule has 0 spiro atoms. The minimum atomic E-state index is 0.440. The van der Waals surface area contributed by atoms with Crippen molar-refractivity contribution in [2.75, 3.05) is 0 Å². The van der Waals surface area contributed by atoms with E-state index in [1.165, 1.54) is 50.5 Å². The van der Waals surface area contributed by atoms with Crippen LogP contribution in [0.15, 0.2) is 34.9 Å². The first kappa shape index (κ1) is 18.0. The van der Waals surface area contributed by atoms with Crippen molar-refractivity contribution < 1.29 is 9.26 Å². The molecule has 3 nitrogen and oxygen atoms in total. The maximum Gasteiger partial charge on any atom is 0.174 e. The van der Waals surface area contributed by atoms with Crippen LogP contribution in [0, 0.1) is 18.8 Å². The number of benzene rings is 1. The highest BCUT2D eigenvalue weighted by atomic mass is 16.5. The van der Waals surface area contributed by atoms with E-state index in [9.17, 15) is 0 Å². The summed E-state index contributed by atoms with van der Waals surface area (Å²) in [5.74, 6) is 3.50. The summed E-state index contributed by atoms with van der Waals surface area (Å²) in [4.78, 5) is 0. The minimum absolute atomic E-state index is 0.440. The molecule has 1 aliphatic carbocycles. The third kappa shape index (κ3) is 5.62. The highest BCUT2D eigenvalue weighted by Crippen LogP contribution is 2.31. The molecule has 1 unspecified atom stereocenters. The Balaban J connectivity index is 1.49. The summed E-state index contributed by atoms with van der Waals surface area (Å²) < 4.78 is 11.2. The van der Waals surface area contributed by atoms with Gasteiger partial charge in [0.05, 0.1) is 5.69 Å². The summed E-state index contributed by atoms with van der Waals surface area (Å²) in [5, 5.41) is 3.91. The zero-order valence-corrected chi connectivity index (χ0v) is 15.7. The van der Waals surface area contributed by atoms with Gasteiger partial charge < -0.3 is 9.26 Å². The summed E-state index contributed by atoms with van der Waals surface area (Å²) in [6.45, 7) is 4.78. The predicted molar refractivity (Wildman–Crippen MR) is 101 cm³/mol. The van der Waals surface area contributed by atoms with Crippen molar-refractivity contribution in [2.24, 2.45) is 11.8 Å². The Hall–Kier alpha value is -1.77. The number of rotatable bonds is 8. The van der Waals surface area contributed by atoms with E-state index in [0.29, 0.717) is 6.61 Å². The highest BCUT2D eigenvalue weighted by Gasteiger charge is 2.17. The molecule has 136 valence electrons. The van der Waals surface area contributed by atoms with Crippen LogP contribution in [-0.2, 0) is 13.0 Å². The number of hydrogen-bond donors (Lipinski definition) is 0. The van der Waals surface area contributed by atoms with Crippen LogP contribution in [0.3, 0.4) is 0 Å². The largest absolute Gasteiger partial charge is 0.485 e. The van der Waals surface area contributed by atoms with Crippen LogP contribution in [0.5, 0.6) is 5.75 Å². The average molecular weight is 341 g/mol. The third-order valence-corrected chi connectivity index (χ3v) is 5.39. The summed E-state index contributed by atoms with van der Waals surface area (Å²) in [5.41, 5.74) is 2.19. The first-order valence-electron chi connectivity index (χ1n) is 9.83. The van der Waals surface area contributed by atoms with Gasteiger partial charge in [0.2, 0.25) is 0 Å². The van der Waals surface area contributed by atoms with Gasteiger partial charge >= 0.3 is 0 Å². The maximum atomic E-state index is 5.99. The molecular formula is C22H31NO2. The van der Waals surface area contributed by atoms with Crippen molar-refractivity contribution in [3.05, 3.63) is 47.3 Å². The average Bonchev–Trinajstić information content (AvgIpc) is 3.05. The van der Waals surface area contributed by atoms with E-state index in [0.717, 1.165) is 35.5 Å². The van der Waals surface area contributed by atoms with E-state index < -0.39 is 0 Å². The first-order valence-corrected chi connectivity index (χ1v) is 9.83. The molecule has 3 rings (SSSR count). The molecule has 25 heavy (non-hydrogen) atoms. The molecule has 1 aromatic heterocycles. The van der Waals surface area contributed by atoms with Gasteiger partial charge in [0, 0.05) is 6.07 Å². The van der Waals surface area contributed by atoms with Gasteiger partial charge in [-0.3, -0.25) is 0 Å². The van der Waals surface area contributed by atoms with Crippen molar-refractivity contribution in [1.82, 2.24) is 5.16 Å². The Morgan fingerprint density at radius 3 is 2.76 bits per heavy atom. The quantitative estimate of drug-likeness (QED) is 0.582. The number of nitrogens with zero attached hydrogens (tertiary/aromatic N) is 1. The molecule has 0 aliphatic heterocycles. The molecular weight excluding hydrogens is 310 g/mol. The van der Waals surface area contributed by atoms with E-state index in [2.05, 4.69) is 30.3 Å². The third-order valence-electron chi connectivity index (χ3n) is 5.39. The number of hydrogen-bond acceptors (Lipinski definition) is 3. The monoisotopic (exact) mass is 341 g/mol. The van der Waals surface area contributed by atoms with Crippen LogP contribution in [0.4, 0.5) is 0 Å². The van der Waals surface area contributed by atoms with Gasteiger partial charge in [-0.05, 0) is 49.7 Å². The van der Waals surface area contributed by atoms with Gasteiger partial charge in [0.25, 0.3) is 0 Å². The molecule has 2 aromatic rings. The molecule has 1 fully saturated rings. The lowest BCUT2D eigenvalue weighted by Crippen LogP contribution is -2.11. The van der Waals surface area contributed by atoms with E-state index in [-0.39, 0.29) is 0 Å². The molecule has 1 aliphatic rings. The Bertz CT molecular complexity index is 643.